The van der Waals surface area contributed by atoms with E-state index in [1.165, 1.54) is 7.11 Å². The molecule has 1 atom stereocenters. The number of aliphatic hydroxyl groups excluding tert-OH is 1. The Morgan fingerprint density at radius 2 is 1.90 bits per heavy atom. The molecule has 1 N–H and O–H groups in total. The molecule has 1 aromatic carbocycles. The number of hydrogen-bond donors (Lipinski definition) is 1. The van der Waals surface area contributed by atoms with Crippen LogP contribution in [-0.2, 0) is 4.74 Å². The highest BCUT2D eigenvalue weighted by molar-refractivity contribution is 5.44. The Balaban J connectivity index is 2.66. The summed E-state index contributed by atoms with van der Waals surface area (Å²) in [6.45, 7) is 2.25. The fourth-order valence-corrected chi connectivity index (χ4v) is 2.06. The summed E-state index contributed by atoms with van der Waals surface area (Å²) < 4.78 is 45.5. The number of methoxy groups -OCH3 is 1. The van der Waals surface area contributed by atoms with Gasteiger partial charge < -0.3 is 14.6 Å². The third kappa shape index (κ3) is 5.02. The van der Waals surface area contributed by atoms with Crippen molar-refractivity contribution in [2.75, 3.05) is 20.3 Å². The SMILES string of the molecule is COc1cc(C)cc(C)c1C(O)CCOCC(F)(F)F. The summed E-state index contributed by atoms with van der Waals surface area (Å²) in [5, 5.41) is 10.1. The molecule has 3 nitrogen and oxygen atoms in total. The molecule has 0 aliphatic carbocycles. The summed E-state index contributed by atoms with van der Waals surface area (Å²) >= 11 is 0. The van der Waals surface area contributed by atoms with Crippen LogP contribution in [0.15, 0.2) is 12.1 Å². The van der Waals surface area contributed by atoms with Crippen LogP contribution in [0.25, 0.3) is 0 Å². The maximum absolute atomic E-state index is 11.9. The number of rotatable bonds is 6. The van der Waals surface area contributed by atoms with E-state index in [1.807, 2.05) is 19.9 Å². The third-order valence-corrected chi connectivity index (χ3v) is 2.85. The number of aliphatic hydroxyl groups is 1. The second kappa shape index (κ2) is 6.95. The molecule has 0 fully saturated rings. The van der Waals surface area contributed by atoms with E-state index in [0.717, 1.165) is 11.1 Å². The summed E-state index contributed by atoms with van der Waals surface area (Å²) in [6, 6.07) is 3.67. The first-order chi connectivity index (χ1) is 9.24. The summed E-state index contributed by atoms with van der Waals surface area (Å²) in [5.74, 6) is 0.533. The standard InChI is InChI=1S/C14H19F3O3/c1-9-6-10(2)13(12(7-9)19-3)11(18)4-5-20-8-14(15,16)17/h6-7,11,18H,4-5,8H2,1-3H3. The quantitative estimate of drug-likeness (QED) is 0.818. The number of aryl methyl sites for hydroxylation is 2. The van der Waals surface area contributed by atoms with Gasteiger partial charge in [-0.2, -0.15) is 13.2 Å². The molecule has 20 heavy (non-hydrogen) atoms. The average Bonchev–Trinajstić information content (AvgIpc) is 2.32. The zero-order valence-corrected chi connectivity index (χ0v) is 11.8. The summed E-state index contributed by atoms with van der Waals surface area (Å²) in [5.41, 5.74) is 2.42. The Kier molecular flexibility index (Phi) is 5.83. The molecule has 114 valence electrons. The molecule has 0 saturated heterocycles. The van der Waals surface area contributed by atoms with Crippen molar-refractivity contribution in [1.82, 2.24) is 0 Å². The molecule has 0 saturated carbocycles. The minimum atomic E-state index is -4.34. The molecule has 0 aliphatic heterocycles. The van der Waals surface area contributed by atoms with Crippen LogP contribution in [0, 0.1) is 13.8 Å². The largest absolute Gasteiger partial charge is 0.496 e. The van der Waals surface area contributed by atoms with Gasteiger partial charge >= 0.3 is 6.18 Å². The van der Waals surface area contributed by atoms with Gasteiger partial charge in [-0.15, -0.1) is 0 Å². The molecular formula is C14H19F3O3. The molecule has 0 amide bonds. The summed E-state index contributed by atoms with van der Waals surface area (Å²) in [7, 11) is 1.49. The first-order valence-electron chi connectivity index (χ1n) is 6.22. The lowest BCUT2D eigenvalue weighted by molar-refractivity contribution is -0.175. The zero-order chi connectivity index (χ0) is 15.3. The van der Waals surface area contributed by atoms with E-state index >= 15 is 0 Å². The van der Waals surface area contributed by atoms with E-state index in [-0.39, 0.29) is 13.0 Å². The average molecular weight is 292 g/mol. The van der Waals surface area contributed by atoms with Crippen LogP contribution in [0.2, 0.25) is 0 Å². The van der Waals surface area contributed by atoms with Gasteiger partial charge in [-0.3, -0.25) is 0 Å². The highest BCUT2D eigenvalue weighted by Crippen LogP contribution is 2.31. The topological polar surface area (TPSA) is 38.7 Å². The van der Waals surface area contributed by atoms with Crippen LogP contribution in [-0.4, -0.2) is 31.6 Å². The first-order valence-corrected chi connectivity index (χ1v) is 6.22. The monoisotopic (exact) mass is 292 g/mol. The van der Waals surface area contributed by atoms with Gasteiger partial charge in [-0.05, 0) is 31.0 Å². The molecule has 0 radical (unpaired) electrons. The molecule has 0 heterocycles. The maximum Gasteiger partial charge on any atom is 0.411 e. The molecule has 0 spiro atoms. The number of alkyl halides is 3. The van der Waals surface area contributed by atoms with E-state index in [4.69, 9.17) is 4.74 Å². The Labute approximate surface area is 116 Å². The van der Waals surface area contributed by atoms with Crippen LogP contribution in [0.1, 0.15) is 29.2 Å². The highest BCUT2D eigenvalue weighted by atomic mass is 19.4. The van der Waals surface area contributed by atoms with Crippen molar-refractivity contribution in [3.63, 3.8) is 0 Å². The first kappa shape index (κ1) is 16.8. The van der Waals surface area contributed by atoms with Gasteiger partial charge in [0.05, 0.1) is 13.2 Å². The number of hydrogen-bond acceptors (Lipinski definition) is 3. The van der Waals surface area contributed by atoms with Gasteiger partial charge in [0.2, 0.25) is 0 Å². The fourth-order valence-electron chi connectivity index (χ4n) is 2.06. The lowest BCUT2D eigenvalue weighted by atomic mass is 9.98. The molecule has 1 rings (SSSR count). The van der Waals surface area contributed by atoms with Crippen molar-refractivity contribution in [1.29, 1.82) is 0 Å². The molecule has 0 aliphatic rings. The molecule has 0 bridgehead atoms. The van der Waals surface area contributed by atoms with Crippen molar-refractivity contribution in [3.8, 4) is 5.75 Å². The van der Waals surface area contributed by atoms with Crippen molar-refractivity contribution in [3.05, 3.63) is 28.8 Å². The summed E-state index contributed by atoms with van der Waals surface area (Å²) in [6.07, 6.45) is -5.18. The van der Waals surface area contributed by atoms with Gasteiger partial charge in [0.1, 0.15) is 12.4 Å². The minimum Gasteiger partial charge on any atom is -0.496 e. The number of benzene rings is 1. The Morgan fingerprint density at radius 3 is 2.45 bits per heavy atom. The second-order valence-electron chi connectivity index (χ2n) is 4.67. The lowest BCUT2D eigenvalue weighted by Crippen LogP contribution is -2.18. The van der Waals surface area contributed by atoms with Crippen molar-refractivity contribution >= 4 is 0 Å². The minimum absolute atomic E-state index is 0.0797. The molecule has 1 aromatic rings. The van der Waals surface area contributed by atoms with Crippen molar-refractivity contribution in [2.45, 2.75) is 32.5 Å². The van der Waals surface area contributed by atoms with E-state index in [2.05, 4.69) is 4.74 Å². The van der Waals surface area contributed by atoms with Crippen LogP contribution < -0.4 is 4.74 Å². The van der Waals surface area contributed by atoms with Crippen LogP contribution in [0.5, 0.6) is 5.75 Å². The van der Waals surface area contributed by atoms with E-state index in [1.54, 1.807) is 6.07 Å². The maximum atomic E-state index is 11.9. The van der Waals surface area contributed by atoms with Crippen molar-refractivity contribution in [2.24, 2.45) is 0 Å². The summed E-state index contributed by atoms with van der Waals surface area (Å²) in [4.78, 5) is 0. The van der Waals surface area contributed by atoms with E-state index in [0.29, 0.717) is 11.3 Å². The number of halogens is 3. The predicted molar refractivity (Wildman–Crippen MR) is 68.9 cm³/mol. The van der Waals surface area contributed by atoms with Crippen LogP contribution in [0.4, 0.5) is 13.2 Å². The van der Waals surface area contributed by atoms with E-state index in [9.17, 15) is 18.3 Å². The molecular weight excluding hydrogens is 273 g/mol. The fraction of sp³-hybridized carbons (Fsp3) is 0.571. The van der Waals surface area contributed by atoms with Gasteiger partial charge in [-0.25, -0.2) is 0 Å². The normalized spacial score (nSPS) is 13.3. The Hall–Kier alpha value is -1.27. The molecule has 6 heteroatoms. The van der Waals surface area contributed by atoms with Crippen molar-refractivity contribution < 1.29 is 27.8 Å². The predicted octanol–water partition coefficient (Wildman–Crippen LogP) is 3.31. The van der Waals surface area contributed by atoms with E-state index < -0.39 is 18.9 Å². The zero-order valence-electron chi connectivity index (χ0n) is 11.8. The second-order valence-corrected chi connectivity index (χ2v) is 4.67. The van der Waals surface area contributed by atoms with Gasteiger partial charge in [-0.1, -0.05) is 6.07 Å². The van der Waals surface area contributed by atoms with Gasteiger partial charge in [0.25, 0.3) is 0 Å². The Morgan fingerprint density at radius 1 is 1.25 bits per heavy atom. The van der Waals surface area contributed by atoms with Gasteiger partial charge in [0, 0.05) is 18.6 Å². The lowest BCUT2D eigenvalue weighted by Gasteiger charge is -2.18. The Bertz CT molecular complexity index is 444. The molecule has 1 unspecified atom stereocenters. The third-order valence-electron chi connectivity index (χ3n) is 2.85. The molecule has 0 aromatic heterocycles. The van der Waals surface area contributed by atoms with Crippen LogP contribution >= 0.6 is 0 Å². The highest BCUT2D eigenvalue weighted by Gasteiger charge is 2.27. The van der Waals surface area contributed by atoms with Gasteiger partial charge in [0.15, 0.2) is 0 Å². The smallest absolute Gasteiger partial charge is 0.411 e. The number of ether oxygens (including phenoxy) is 2. The van der Waals surface area contributed by atoms with Crippen LogP contribution in [0.3, 0.4) is 0 Å².